The second kappa shape index (κ2) is 9.74. The van der Waals surface area contributed by atoms with Crippen molar-refractivity contribution in [3.63, 3.8) is 0 Å². The number of rotatable bonds is 8. The van der Waals surface area contributed by atoms with Gasteiger partial charge in [0, 0.05) is 29.3 Å². The highest BCUT2D eigenvalue weighted by Gasteiger charge is 2.15. The minimum atomic E-state index is -0.217. The zero-order chi connectivity index (χ0) is 22.5. The van der Waals surface area contributed by atoms with Crippen LogP contribution in [0, 0.1) is 0 Å². The molecule has 4 rings (SSSR count). The molecule has 2 heterocycles. The van der Waals surface area contributed by atoms with Gasteiger partial charge >= 0.3 is 0 Å². The SMILES string of the molecule is CCC(CC)c1nn2c(=O)cc(COc3cccc(NC(=O)c4ccccc4)c3)nc2s1. The Hall–Kier alpha value is -3.52. The van der Waals surface area contributed by atoms with E-state index in [-0.39, 0.29) is 18.1 Å². The van der Waals surface area contributed by atoms with Crippen molar-refractivity contribution >= 4 is 27.9 Å². The van der Waals surface area contributed by atoms with E-state index in [1.54, 1.807) is 36.4 Å². The summed E-state index contributed by atoms with van der Waals surface area (Å²) in [6, 6.07) is 17.6. The van der Waals surface area contributed by atoms with Gasteiger partial charge in [0.05, 0.1) is 5.69 Å². The summed E-state index contributed by atoms with van der Waals surface area (Å²) in [7, 11) is 0. The fraction of sp³-hybridized carbons (Fsp3) is 0.250. The Kier molecular flexibility index (Phi) is 6.61. The van der Waals surface area contributed by atoms with Crippen LogP contribution in [0.3, 0.4) is 0 Å². The summed E-state index contributed by atoms with van der Waals surface area (Å²) in [5, 5.41) is 8.25. The van der Waals surface area contributed by atoms with Crippen molar-refractivity contribution in [2.75, 3.05) is 5.32 Å². The first kappa shape index (κ1) is 21.7. The molecule has 7 nitrogen and oxygen atoms in total. The number of hydrogen-bond acceptors (Lipinski definition) is 6. The second-order valence-corrected chi connectivity index (χ2v) is 8.36. The number of amides is 1. The van der Waals surface area contributed by atoms with Gasteiger partial charge in [-0.05, 0) is 37.1 Å². The highest BCUT2D eigenvalue weighted by Crippen LogP contribution is 2.26. The molecule has 0 aliphatic carbocycles. The molecule has 164 valence electrons. The van der Waals surface area contributed by atoms with Gasteiger partial charge < -0.3 is 10.1 Å². The Morgan fingerprint density at radius 1 is 1.09 bits per heavy atom. The number of nitrogens with zero attached hydrogens (tertiary/aromatic N) is 3. The lowest BCUT2D eigenvalue weighted by Gasteiger charge is -2.09. The molecule has 0 saturated carbocycles. The number of anilines is 1. The molecule has 2 aromatic carbocycles. The summed E-state index contributed by atoms with van der Waals surface area (Å²) in [6.45, 7) is 4.37. The standard InChI is InChI=1S/C24H24N4O3S/c1-3-16(4-2)23-27-28-21(29)14-19(26-24(28)32-23)15-31-20-12-8-11-18(13-20)25-22(30)17-9-6-5-7-10-17/h5-14,16H,3-4,15H2,1-2H3,(H,25,30). The maximum absolute atomic E-state index is 12.5. The van der Waals surface area contributed by atoms with Crippen molar-refractivity contribution in [2.45, 2.75) is 39.2 Å². The summed E-state index contributed by atoms with van der Waals surface area (Å²) in [4.78, 5) is 30.0. The summed E-state index contributed by atoms with van der Waals surface area (Å²) >= 11 is 1.45. The summed E-state index contributed by atoms with van der Waals surface area (Å²) in [5.41, 5.74) is 1.52. The molecule has 1 N–H and O–H groups in total. The highest BCUT2D eigenvalue weighted by molar-refractivity contribution is 7.16. The predicted molar refractivity (Wildman–Crippen MR) is 126 cm³/mol. The van der Waals surface area contributed by atoms with E-state index in [4.69, 9.17) is 4.74 Å². The van der Waals surface area contributed by atoms with E-state index in [2.05, 4.69) is 29.2 Å². The fourth-order valence-electron chi connectivity index (χ4n) is 3.36. The number of carbonyl (C=O) groups is 1. The van der Waals surface area contributed by atoms with Crippen molar-refractivity contribution in [1.29, 1.82) is 0 Å². The van der Waals surface area contributed by atoms with Gasteiger partial charge in [0.15, 0.2) is 0 Å². The van der Waals surface area contributed by atoms with Crippen molar-refractivity contribution in [3.05, 3.63) is 87.3 Å². The minimum absolute atomic E-state index is 0.139. The van der Waals surface area contributed by atoms with Gasteiger partial charge in [0.1, 0.15) is 17.4 Å². The quantitative estimate of drug-likeness (QED) is 0.415. The third kappa shape index (κ3) is 4.86. The van der Waals surface area contributed by atoms with Crippen molar-refractivity contribution in [3.8, 4) is 5.75 Å². The molecule has 0 aliphatic heterocycles. The highest BCUT2D eigenvalue weighted by atomic mass is 32.1. The van der Waals surface area contributed by atoms with Gasteiger partial charge in [-0.15, -0.1) is 0 Å². The lowest BCUT2D eigenvalue weighted by atomic mass is 10.1. The van der Waals surface area contributed by atoms with Gasteiger partial charge in [-0.25, -0.2) is 4.98 Å². The largest absolute Gasteiger partial charge is 0.487 e. The minimum Gasteiger partial charge on any atom is -0.487 e. The zero-order valence-electron chi connectivity index (χ0n) is 17.9. The van der Waals surface area contributed by atoms with Gasteiger partial charge in [-0.1, -0.05) is 49.4 Å². The molecule has 0 unspecified atom stereocenters. The molecule has 8 heteroatoms. The second-order valence-electron chi connectivity index (χ2n) is 7.37. The molecule has 0 bridgehead atoms. The van der Waals surface area contributed by atoms with Crippen LogP contribution in [-0.2, 0) is 6.61 Å². The van der Waals surface area contributed by atoms with E-state index in [9.17, 15) is 9.59 Å². The fourth-order valence-corrected chi connectivity index (χ4v) is 4.55. The molecule has 0 saturated heterocycles. The van der Waals surface area contributed by atoms with Crippen LogP contribution in [0.1, 0.15) is 53.7 Å². The van der Waals surface area contributed by atoms with Gasteiger partial charge in [-0.3, -0.25) is 9.59 Å². The van der Waals surface area contributed by atoms with Crippen LogP contribution in [0.4, 0.5) is 5.69 Å². The Bertz CT molecular complexity index is 1280. The van der Waals surface area contributed by atoms with Gasteiger partial charge in [-0.2, -0.15) is 9.61 Å². The van der Waals surface area contributed by atoms with Crippen LogP contribution in [0.25, 0.3) is 4.96 Å². The van der Waals surface area contributed by atoms with E-state index < -0.39 is 0 Å². The smallest absolute Gasteiger partial charge is 0.275 e. The summed E-state index contributed by atoms with van der Waals surface area (Å²) < 4.78 is 7.21. The van der Waals surface area contributed by atoms with Gasteiger partial charge in [0.25, 0.3) is 11.5 Å². The number of fused-ring (bicyclic) bond motifs is 1. The monoisotopic (exact) mass is 448 g/mol. The number of carbonyl (C=O) groups excluding carboxylic acids is 1. The lowest BCUT2D eigenvalue weighted by Crippen LogP contribution is -2.16. The molecule has 4 aromatic rings. The molecule has 32 heavy (non-hydrogen) atoms. The van der Waals surface area contributed by atoms with Crippen LogP contribution in [0.5, 0.6) is 5.75 Å². The molecular formula is C24H24N4O3S. The normalized spacial score (nSPS) is 11.1. The Labute approximate surface area is 189 Å². The molecule has 1 amide bonds. The maximum Gasteiger partial charge on any atom is 0.275 e. The van der Waals surface area contributed by atoms with Crippen LogP contribution in [-0.4, -0.2) is 20.5 Å². The van der Waals surface area contributed by atoms with Crippen molar-refractivity contribution in [2.24, 2.45) is 0 Å². The number of nitrogens with one attached hydrogen (secondary N) is 1. The van der Waals surface area contributed by atoms with Crippen molar-refractivity contribution < 1.29 is 9.53 Å². The molecule has 0 atom stereocenters. The van der Waals surface area contributed by atoms with Crippen molar-refractivity contribution in [1.82, 2.24) is 14.6 Å². The number of benzene rings is 2. The first-order valence-electron chi connectivity index (χ1n) is 10.6. The Balaban J connectivity index is 1.47. The van der Waals surface area contributed by atoms with E-state index >= 15 is 0 Å². The molecule has 0 aliphatic rings. The van der Waals surface area contributed by atoms with Gasteiger partial charge in [0.2, 0.25) is 4.96 Å². The average molecular weight is 449 g/mol. The maximum atomic E-state index is 12.5. The average Bonchev–Trinajstić information content (AvgIpc) is 3.24. The third-order valence-corrected chi connectivity index (χ3v) is 6.23. The first-order chi connectivity index (χ1) is 15.6. The molecule has 0 fully saturated rings. The zero-order valence-corrected chi connectivity index (χ0v) is 18.8. The first-order valence-corrected chi connectivity index (χ1v) is 11.4. The van der Waals surface area contributed by atoms with Crippen LogP contribution in [0.15, 0.2) is 65.5 Å². The van der Waals surface area contributed by atoms with Crippen LogP contribution >= 0.6 is 11.3 Å². The van der Waals surface area contributed by atoms with E-state index in [0.29, 0.717) is 33.6 Å². The number of aromatic nitrogens is 3. The summed E-state index contributed by atoms with van der Waals surface area (Å²) in [5.74, 6) is 0.705. The Morgan fingerprint density at radius 3 is 2.62 bits per heavy atom. The molecule has 0 spiro atoms. The van der Waals surface area contributed by atoms with Crippen LogP contribution < -0.4 is 15.6 Å². The van der Waals surface area contributed by atoms with E-state index in [1.807, 2.05) is 18.2 Å². The predicted octanol–water partition coefficient (Wildman–Crippen LogP) is 4.89. The Morgan fingerprint density at radius 2 is 1.88 bits per heavy atom. The molecule has 0 radical (unpaired) electrons. The molecule has 2 aromatic heterocycles. The topological polar surface area (TPSA) is 85.6 Å². The van der Waals surface area contributed by atoms with E-state index in [0.717, 1.165) is 17.8 Å². The third-order valence-electron chi connectivity index (χ3n) is 5.16. The molecular weight excluding hydrogens is 424 g/mol. The number of hydrogen-bond donors (Lipinski definition) is 1. The summed E-state index contributed by atoms with van der Waals surface area (Å²) in [6.07, 6.45) is 1.94. The number of ether oxygens (including phenoxy) is 1. The van der Waals surface area contributed by atoms with Crippen LogP contribution in [0.2, 0.25) is 0 Å². The van der Waals surface area contributed by atoms with E-state index in [1.165, 1.54) is 21.9 Å². The lowest BCUT2D eigenvalue weighted by molar-refractivity contribution is 0.102.